The number of phenolic OH excluding ortho intramolecular Hbond substituents is 1. The molecule has 1 atom stereocenters. The first-order chi connectivity index (χ1) is 8.18. The third-order valence-corrected chi connectivity index (χ3v) is 3.00. The zero-order valence-electron chi connectivity index (χ0n) is 9.48. The fourth-order valence-corrected chi connectivity index (χ4v) is 1.85. The van der Waals surface area contributed by atoms with E-state index in [0.717, 1.165) is 5.76 Å². The second-order valence-electron chi connectivity index (χ2n) is 3.86. The largest absolute Gasteiger partial charge is 0.508 e. The highest BCUT2D eigenvalue weighted by Gasteiger charge is 2.10. The van der Waals surface area contributed by atoms with Gasteiger partial charge in [0.15, 0.2) is 0 Å². The molecular formula is C13H14ClNO2. The van der Waals surface area contributed by atoms with Crippen molar-refractivity contribution < 1.29 is 9.52 Å². The molecule has 0 amide bonds. The Hall–Kier alpha value is -1.45. The van der Waals surface area contributed by atoms with Crippen LogP contribution in [0.25, 0.3) is 0 Å². The van der Waals surface area contributed by atoms with Crippen molar-refractivity contribution in [2.24, 2.45) is 0 Å². The molecule has 0 aliphatic rings. The van der Waals surface area contributed by atoms with Crippen LogP contribution < -0.4 is 5.32 Å². The standard InChI is InChI=1S/C13H14ClNO2/c1-9(13-6-3-7-17-13)15-8-10-11(14)4-2-5-12(10)16/h2-7,9,15-16H,8H2,1H3/t9-/m1/s1. The minimum atomic E-state index is 0.0701. The molecule has 0 saturated carbocycles. The van der Waals surface area contributed by atoms with E-state index in [2.05, 4.69) is 5.32 Å². The molecule has 0 saturated heterocycles. The summed E-state index contributed by atoms with van der Waals surface area (Å²) in [6.07, 6.45) is 1.64. The van der Waals surface area contributed by atoms with E-state index in [4.69, 9.17) is 16.0 Å². The molecule has 3 nitrogen and oxygen atoms in total. The zero-order chi connectivity index (χ0) is 12.3. The molecule has 1 aromatic carbocycles. The number of phenols is 1. The number of nitrogens with one attached hydrogen (secondary N) is 1. The van der Waals surface area contributed by atoms with Crippen LogP contribution in [0.15, 0.2) is 41.0 Å². The summed E-state index contributed by atoms with van der Waals surface area (Å²) in [6.45, 7) is 2.49. The normalized spacial score (nSPS) is 12.6. The van der Waals surface area contributed by atoms with Crippen molar-refractivity contribution in [2.45, 2.75) is 19.5 Å². The van der Waals surface area contributed by atoms with Crippen LogP contribution in [0.4, 0.5) is 0 Å². The summed E-state index contributed by atoms with van der Waals surface area (Å²) in [7, 11) is 0. The summed E-state index contributed by atoms with van der Waals surface area (Å²) < 4.78 is 5.29. The molecule has 1 aromatic heterocycles. The van der Waals surface area contributed by atoms with Crippen LogP contribution in [-0.2, 0) is 6.54 Å². The van der Waals surface area contributed by atoms with Crippen LogP contribution in [-0.4, -0.2) is 5.11 Å². The first-order valence-electron chi connectivity index (χ1n) is 5.41. The maximum Gasteiger partial charge on any atom is 0.121 e. The molecule has 0 aliphatic heterocycles. The summed E-state index contributed by atoms with van der Waals surface area (Å²) in [5, 5.41) is 13.5. The van der Waals surface area contributed by atoms with Gasteiger partial charge in [-0.3, -0.25) is 0 Å². The van der Waals surface area contributed by atoms with Gasteiger partial charge in [-0.05, 0) is 31.2 Å². The smallest absolute Gasteiger partial charge is 0.121 e. The van der Waals surface area contributed by atoms with E-state index in [9.17, 15) is 5.11 Å². The summed E-state index contributed by atoms with van der Waals surface area (Å²) >= 11 is 6.01. The van der Waals surface area contributed by atoms with E-state index in [1.165, 1.54) is 0 Å². The van der Waals surface area contributed by atoms with Gasteiger partial charge in [-0.15, -0.1) is 0 Å². The van der Waals surface area contributed by atoms with E-state index < -0.39 is 0 Å². The summed E-state index contributed by atoms with van der Waals surface area (Å²) in [4.78, 5) is 0. The Morgan fingerprint density at radius 2 is 2.18 bits per heavy atom. The van der Waals surface area contributed by atoms with E-state index in [0.29, 0.717) is 17.1 Å². The first-order valence-corrected chi connectivity index (χ1v) is 5.79. The van der Waals surface area contributed by atoms with Crippen molar-refractivity contribution in [3.05, 3.63) is 52.9 Å². The van der Waals surface area contributed by atoms with Crippen LogP contribution >= 0.6 is 11.6 Å². The van der Waals surface area contributed by atoms with E-state index in [1.54, 1.807) is 24.5 Å². The van der Waals surface area contributed by atoms with Gasteiger partial charge in [0.05, 0.1) is 12.3 Å². The summed E-state index contributed by atoms with van der Waals surface area (Å²) in [5.41, 5.74) is 0.701. The lowest BCUT2D eigenvalue weighted by Crippen LogP contribution is -2.17. The Balaban J connectivity index is 2.03. The molecule has 2 rings (SSSR count). The van der Waals surface area contributed by atoms with Crippen molar-refractivity contribution >= 4 is 11.6 Å². The zero-order valence-corrected chi connectivity index (χ0v) is 10.2. The lowest BCUT2D eigenvalue weighted by molar-refractivity contribution is 0.422. The highest BCUT2D eigenvalue weighted by Crippen LogP contribution is 2.25. The lowest BCUT2D eigenvalue weighted by atomic mass is 10.1. The van der Waals surface area contributed by atoms with Crippen molar-refractivity contribution in [1.29, 1.82) is 0 Å². The quantitative estimate of drug-likeness (QED) is 0.874. The molecular weight excluding hydrogens is 238 g/mol. The van der Waals surface area contributed by atoms with Gasteiger partial charge in [-0.2, -0.15) is 0 Å². The molecule has 17 heavy (non-hydrogen) atoms. The van der Waals surface area contributed by atoms with Crippen LogP contribution in [0.5, 0.6) is 5.75 Å². The van der Waals surface area contributed by atoms with Gasteiger partial charge in [-0.25, -0.2) is 0 Å². The van der Waals surface area contributed by atoms with Crippen molar-refractivity contribution in [1.82, 2.24) is 5.32 Å². The van der Waals surface area contributed by atoms with Crippen molar-refractivity contribution in [3.8, 4) is 5.75 Å². The molecule has 0 spiro atoms. The van der Waals surface area contributed by atoms with Gasteiger partial charge in [0.25, 0.3) is 0 Å². The van der Waals surface area contributed by atoms with Crippen LogP contribution in [0.3, 0.4) is 0 Å². The number of halogens is 1. The Morgan fingerprint density at radius 1 is 1.35 bits per heavy atom. The van der Waals surface area contributed by atoms with Gasteiger partial charge < -0.3 is 14.8 Å². The molecule has 0 fully saturated rings. The second-order valence-corrected chi connectivity index (χ2v) is 4.26. The lowest BCUT2D eigenvalue weighted by Gasteiger charge is -2.13. The summed E-state index contributed by atoms with van der Waals surface area (Å²) in [6, 6.07) is 8.93. The predicted molar refractivity (Wildman–Crippen MR) is 67.1 cm³/mol. The highest BCUT2D eigenvalue weighted by molar-refractivity contribution is 6.31. The minimum Gasteiger partial charge on any atom is -0.508 e. The van der Waals surface area contributed by atoms with E-state index in [-0.39, 0.29) is 11.8 Å². The Labute approximate surface area is 105 Å². The molecule has 4 heteroatoms. The van der Waals surface area contributed by atoms with Gasteiger partial charge in [0.1, 0.15) is 11.5 Å². The fourth-order valence-electron chi connectivity index (χ4n) is 1.62. The molecule has 2 N–H and O–H groups in total. The van der Waals surface area contributed by atoms with Crippen LogP contribution in [0, 0.1) is 0 Å². The topological polar surface area (TPSA) is 45.4 Å². The van der Waals surface area contributed by atoms with Gasteiger partial charge in [-0.1, -0.05) is 17.7 Å². The average molecular weight is 252 g/mol. The Morgan fingerprint density at radius 3 is 2.82 bits per heavy atom. The molecule has 90 valence electrons. The number of hydrogen-bond acceptors (Lipinski definition) is 3. The number of aromatic hydroxyl groups is 1. The maximum atomic E-state index is 9.69. The summed E-state index contributed by atoms with van der Waals surface area (Å²) in [5.74, 6) is 1.06. The van der Waals surface area contributed by atoms with E-state index in [1.807, 2.05) is 19.1 Å². The second kappa shape index (κ2) is 5.25. The SMILES string of the molecule is C[C@@H](NCc1c(O)cccc1Cl)c1ccco1. The van der Waals surface area contributed by atoms with Gasteiger partial charge in [0.2, 0.25) is 0 Å². The van der Waals surface area contributed by atoms with Gasteiger partial charge in [0, 0.05) is 17.1 Å². The van der Waals surface area contributed by atoms with Crippen molar-refractivity contribution in [2.75, 3.05) is 0 Å². The molecule has 0 radical (unpaired) electrons. The van der Waals surface area contributed by atoms with Crippen LogP contribution in [0.1, 0.15) is 24.3 Å². The third-order valence-electron chi connectivity index (χ3n) is 2.65. The number of hydrogen-bond donors (Lipinski definition) is 2. The van der Waals surface area contributed by atoms with E-state index >= 15 is 0 Å². The molecule has 1 heterocycles. The van der Waals surface area contributed by atoms with Crippen LogP contribution in [0.2, 0.25) is 5.02 Å². The van der Waals surface area contributed by atoms with Gasteiger partial charge >= 0.3 is 0 Å². The van der Waals surface area contributed by atoms with Crippen molar-refractivity contribution in [3.63, 3.8) is 0 Å². The molecule has 0 bridgehead atoms. The number of benzene rings is 1. The molecule has 0 unspecified atom stereocenters. The minimum absolute atomic E-state index is 0.0701. The Bertz CT molecular complexity index is 462. The molecule has 0 aliphatic carbocycles. The number of furan rings is 1. The Kier molecular flexibility index (Phi) is 3.71. The predicted octanol–water partition coefficient (Wildman–Crippen LogP) is 3.49. The fraction of sp³-hybridized carbons (Fsp3) is 0.231. The first kappa shape index (κ1) is 12.0. The number of rotatable bonds is 4. The molecule has 2 aromatic rings. The maximum absolute atomic E-state index is 9.69. The average Bonchev–Trinajstić information content (AvgIpc) is 2.81. The highest BCUT2D eigenvalue weighted by atomic mass is 35.5. The third kappa shape index (κ3) is 2.81. The monoisotopic (exact) mass is 251 g/mol.